The van der Waals surface area contributed by atoms with Crippen molar-refractivity contribution in [3.05, 3.63) is 70.3 Å². The second-order valence-corrected chi connectivity index (χ2v) is 8.06. The molecule has 2 aromatic carbocycles. The maximum Gasteiger partial charge on any atom is 0.295 e. The smallest absolute Gasteiger partial charge is 0.295 e. The van der Waals surface area contributed by atoms with Crippen molar-refractivity contribution in [2.24, 2.45) is 0 Å². The van der Waals surface area contributed by atoms with Crippen LogP contribution in [0.15, 0.2) is 54.1 Å². The van der Waals surface area contributed by atoms with Crippen LogP contribution in [0.5, 0.6) is 5.75 Å². The molecule has 3 rings (SSSR count). The van der Waals surface area contributed by atoms with Gasteiger partial charge in [0.1, 0.15) is 11.5 Å². The number of carbonyl (C=O) groups is 2. The molecule has 0 saturated carbocycles. The molecule has 1 aliphatic rings. The monoisotopic (exact) mass is 441 g/mol. The number of unbranched alkanes of at least 4 members (excludes halogenated alkanes) is 2. The number of ketones is 1. The maximum atomic E-state index is 13.0. The molecule has 1 amide bonds. The number of amides is 1. The number of benzene rings is 2. The summed E-state index contributed by atoms with van der Waals surface area (Å²) in [4.78, 5) is 27.4. The molecule has 1 N–H and O–H groups in total. The zero-order valence-electron chi connectivity index (χ0n) is 17.9. The third-order valence-electron chi connectivity index (χ3n) is 5.31. The molecule has 0 bridgehead atoms. The fourth-order valence-electron chi connectivity index (χ4n) is 3.74. The van der Waals surface area contributed by atoms with Crippen LogP contribution in [-0.2, 0) is 9.59 Å². The predicted octanol–water partition coefficient (Wildman–Crippen LogP) is 5.74. The molecule has 1 heterocycles. The minimum atomic E-state index is -0.672. The second-order valence-electron chi connectivity index (χ2n) is 7.63. The van der Waals surface area contributed by atoms with Crippen molar-refractivity contribution in [1.29, 1.82) is 0 Å². The first-order chi connectivity index (χ1) is 15.0. The largest absolute Gasteiger partial charge is 0.507 e. The van der Waals surface area contributed by atoms with Crippen LogP contribution in [0.25, 0.3) is 5.76 Å². The highest BCUT2D eigenvalue weighted by Gasteiger charge is 2.45. The number of hydrogen-bond acceptors (Lipinski definition) is 4. The van der Waals surface area contributed by atoms with Crippen molar-refractivity contribution in [1.82, 2.24) is 4.90 Å². The van der Waals surface area contributed by atoms with Crippen LogP contribution in [0.4, 0.5) is 0 Å². The minimum Gasteiger partial charge on any atom is -0.507 e. The molecule has 6 heteroatoms. The lowest BCUT2D eigenvalue weighted by molar-refractivity contribution is -0.139. The van der Waals surface area contributed by atoms with Gasteiger partial charge in [0.2, 0.25) is 0 Å². The number of aliphatic hydroxyl groups is 1. The van der Waals surface area contributed by atoms with E-state index < -0.39 is 17.7 Å². The fraction of sp³-hybridized carbons (Fsp3) is 0.360. The highest BCUT2D eigenvalue weighted by molar-refractivity contribution is 6.46. The Morgan fingerprint density at radius 1 is 1.06 bits per heavy atom. The number of rotatable bonds is 9. The summed E-state index contributed by atoms with van der Waals surface area (Å²) in [6.45, 7) is 5.09. The molecule has 0 aliphatic carbocycles. The zero-order valence-corrected chi connectivity index (χ0v) is 18.7. The van der Waals surface area contributed by atoms with Crippen LogP contribution in [0, 0.1) is 0 Å². The van der Waals surface area contributed by atoms with Crippen LogP contribution in [0.1, 0.15) is 56.7 Å². The van der Waals surface area contributed by atoms with Gasteiger partial charge in [0.25, 0.3) is 11.7 Å². The lowest BCUT2D eigenvalue weighted by atomic mass is 9.95. The standard InChI is InChI=1S/C25H28ClNO4/c1-3-5-6-14-27-22(17-10-12-19(26)13-11-17)21(24(29)25(27)30)23(28)18-8-7-9-20(16-18)31-15-4-2/h7-13,16,22,28H,3-6,14-15H2,1-2H3/b23-21-. The molecule has 0 aromatic heterocycles. The van der Waals surface area contributed by atoms with E-state index in [-0.39, 0.29) is 11.3 Å². The number of halogens is 1. The van der Waals surface area contributed by atoms with E-state index in [9.17, 15) is 14.7 Å². The number of hydrogen-bond donors (Lipinski definition) is 1. The molecule has 5 nitrogen and oxygen atoms in total. The summed E-state index contributed by atoms with van der Waals surface area (Å²) in [5, 5.41) is 11.7. The second kappa shape index (κ2) is 10.5. The topological polar surface area (TPSA) is 66.8 Å². The first-order valence-electron chi connectivity index (χ1n) is 10.7. The summed E-state index contributed by atoms with van der Waals surface area (Å²) in [6, 6.07) is 13.3. The average molecular weight is 442 g/mol. The summed E-state index contributed by atoms with van der Waals surface area (Å²) in [7, 11) is 0. The number of carbonyl (C=O) groups excluding carboxylic acids is 2. The van der Waals surface area contributed by atoms with Gasteiger partial charge in [-0.3, -0.25) is 9.59 Å². The van der Waals surface area contributed by atoms with E-state index >= 15 is 0 Å². The lowest BCUT2D eigenvalue weighted by Crippen LogP contribution is -2.30. The summed E-state index contributed by atoms with van der Waals surface area (Å²) in [6.07, 6.45) is 3.59. The van der Waals surface area contributed by atoms with Gasteiger partial charge in [-0.15, -0.1) is 0 Å². The van der Waals surface area contributed by atoms with Gasteiger partial charge in [0, 0.05) is 17.1 Å². The molecule has 1 unspecified atom stereocenters. The van der Waals surface area contributed by atoms with E-state index in [1.54, 1.807) is 53.4 Å². The molecule has 164 valence electrons. The maximum absolute atomic E-state index is 13.0. The number of aliphatic hydroxyl groups excluding tert-OH is 1. The van der Waals surface area contributed by atoms with Crippen LogP contribution in [0.3, 0.4) is 0 Å². The SMILES string of the molecule is CCCCCN1C(=O)C(=O)/C(=C(\O)c2cccc(OCCC)c2)C1c1ccc(Cl)cc1. The third kappa shape index (κ3) is 5.10. The van der Waals surface area contributed by atoms with E-state index in [0.29, 0.717) is 29.5 Å². The van der Waals surface area contributed by atoms with Gasteiger partial charge in [0.15, 0.2) is 0 Å². The molecule has 0 radical (unpaired) electrons. The van der Waals surface area contributed by atoms with E-state index in [0.717, 1.165) is 31.2 Å². The molecule has 1 saturated heterocycles. The van der Waals surface area contributed by atoms with Crippen LogP contribution < -0.4 is 4.74 Å². The van der Waals surface area contributed by atoms with Gasteiger partial charge in [-0.1, -0.05) is 62.6 Å². The Hall–Kier alpha value is -2.79. The Bertz CT molecular complexity index is 968. The van der Waals surface area contributed by atoms with E-state index in [1.807, 2.05) is 6.92 Å². The molecule has 1 aliphatic heterocycles. The number of Topliss-reactive ketones (excluding diaryl/α,β-unsaturated/α-hetero) is 1. The Morgan fingerprint density at radius 2 is 1.81 bits per heavy atom. The molecular weight excluding hydrogens is 414 g/mol. The highest BCUT2D eigenvalue weighted by atomic mass is 35.5. The van der Waals surface area contributed by atoms with Gasteiger partial charge in [-0.25, -0.2) is 0 Å². The van der Waals surface area contributed by atoms with E-state index in [4.69, 9.17) is 16.3 Å². The van der Waals surface area contributed by atoms with Gasteiger partial charge in [0.05, 0.1) is 18.2 Å². The number of nitrogens with zero attached hydrogens (tertiary/aromatic N) is 1. The molecular formula is C25H28ClNO4. The molecule has 0 spiro atoms. The van der Waals surface area contributed by atoms with Gasteiger partial charge >= 0.3 is 0 Å². The van der Waals surface area contributed by atoms with Crippen molar-refractivity contribution in [2.45, 2.75) is 45.6 Å². The Balaban J connectivity index is 2.07. The zero-order chi connectivity index (χ0) is 22.4. The quantitative estimate of drug-likeness (QED) is 0.233. The number of likely N-dealkylation sites (tertiary alicyclic amines) is 1. The Kier molecular flexibility index (Phi) is 7.75. The van der Waals surface area contributed by atoms with Crippen LogP contribution >= 0.6 is 11.6 Å². The molecule has 1 atom stereocenters. The fourth-order valence-corrected chi connectivity index (χ4v) is 3.87. The third-order valence-corrected chi connectivity index (χ3v) is 5.56. The highest BCUT2D eigenvalue weighted by Crippen LogP contribution is 2.40. The van der Waals surface area contributed by atoms with Crippen molar-refractivity contribution in [3.8, 4) is 5.75 Å². The minimum absolute atomic E-state index is 0.0939. The molecule has 2 aromatic rings. The summed E-state index contributed by atoms with van der Waals surface area (Å²) >= 11 is 6.05. The molecule has 31 heavy (non-hydrogen) atoms. The predicted molar refractivity (Wildman–Crippen MR) is 122 cm³/mol. The first-order valence-corrected chi connectivity index (χ1v) is 11.1. The van der Waals surface area contributed by atoms with Crippen LogP contribution in [-0.4, -0.2) is 34.8 Å². The van der Waals surface area contributed by atoms with Gasteiger partial charge in [-0.05, 0) is 42.7 Å². The van der Waals surface area contributed by atoms with E-state index in [1.165, 1.54) is 0 Å². The van der Waals surface area contributed by atoms with E-state index in [2.05, 4.69) is 6.92 Å². The van der Waals surface area contributed by atoms with Crippen molar-refractivity contribution in [3.63, 3.8) is 0 Å². The lowest BCUT2D eigenvalue weighted by Gasteiger charge is -2.25. The van der Waals surface area contributed by atoms with Gasteiger partial charge < -0.3 is 14.7 Å². The Morgan fingerprint density at radius 3 is 2.48 bits per heavy atom. The summed E-state index contributed by atoms with van der Waals surface area (Å²) in [5.41, 5.74) is 1.27. The summed E-state index contributed by atoms with van der Waals surface area (Å²) < 4.78 is 5.66. The van der Waals surface area contributed by atoms with Crippen molar-refractivity contribution < 1.29 is 19.4 Å². The van der Waals surface area contributed by atoms with Crippen molar-refractivity contribution >= 4 is 29.1 Å². The van der Waals surface area contributed by atoms with Gasteiger partial charge in [-0.2, -0.15) is 0 Å². The molecule has 1 fully saturated rings. The Labute approximate surface area is 188 Å². The number of ether oxygens (including phenoxy) is 1. The summed E-state index contributed by atoms with van der Waals surface area (Å²) in [5.74, 6) is -0.853. The van der Waals surface area contributed by atoms with Crippen LogP contribution in [0.2, 0.25) is 5.02 Å². The normalized spacial score (nSPS) is 17.9. The van der Waals surface area contributed by atoms with Crippen molar-refractivity contribution in [2.75, 3.05) is 13.2 Å². The first kappa shape index (κ1) is 22.9. The average Bonchev–Trinajstić information content (AvgIpc) is 3.03.